The van der Waals surface area contributed by atoms with Crippen molar-refractivity contribution in [2.45, 2.75) is 26.7 Å². The largest absolute Gasteiger partial charge is 0.462 e. The molecule has 1 aliphatic rings. The Morgan fingerprint density at radius 3 is 2.29 bits per heavy atom. The zero-order chi connectivity index (χ0) is 15.4. The van der Waals surface area contributed by atoms with E-state index in [2.05, 4.69) is 0 Å². The second-order valence-electron chi connectivity index (χ2n) is 4.56. The van der Waals surface area contributed by atoms with Crippen molar-refractivity contribution in [1.29, 1.82) is 0 Å². The third-order valence-electron chi connectivity index (χ3n) is 3.33. The van der Waals surface area contributed by atoms with Gasteiger partial charge in [0.2, 0.25) is 0 Å². The predicted molar refractivity (Wildman–Crippen MR) is 74.9 cm³/mol. The van der Waals surface area contributed by atoms with Crippen LogP contribution in [0, 0.1) is 5.82 Å². The van der Waals surface area contributed by atoms with E-state index in [1.165, 1.54) is 6.07 Å². The van der Waals surface area contributed by atoms with Crippen LogP contribution >= 0.6 is 0 Å². The lowest BCUT2D eigenvalue weighted by Gasteiger charge is -2.10. The summed E-state index contributed by atoms with van der Waals surface area (Å²) >= 11 is 0. The highest BCUT2D eigenvalue weighted by Crippen LogP contribution is 2.36. The molecule has 0 radical (unpaired) electrons. The Hall–Kier alpha value is -2.17. The van der Waals surface area contributed by atoms with E-state index in [-0.39, 0.29) is 24.6 Å². The number of hydrogen-bond donors (Lipinski definition) is 0. The van der Waals surface area contributed by atoms with Gasteiger partial charge in [-0.1, -0.05) is 12.1 Å². The van der Waals surface area contributed by atoms with Crippen LogP contribution in [0.1, 0.15) is 31.4 Å². The summed E-state index contributed by atoms with van der Waals surface area (Å²) in [7, 11) is 0. The Kier molecular flexibility index (Phi) is 4.73. The first-order chi connectivity index (χ1) is 10.1. The molecule has 0 heterocycles. The minimum Gasteiger partial charge on any atom is -0.462 e. The first-order valence-corrected chi connectivity index (χ1v) is 6.95. The molecule has 0 aromatic heterocycles. The summed E-state index contributed by atoms with van der Waals surface area (Å²) in [6, 6.07) is 4.64. The van der Waals surface area contributed by atoms with Crippen LogP contribution in [0.25, 0.3) is 5.57 Å². The fourth-order valence-corrected chi connectivity index (χ4v) is 2.48. The standard InChI is InChI=1S/C16H17FO4/c1-3-20-15(18)14(16(19)21-4-2)12-9-8-11-10(12)6-5-7-13(11)17/h5-7H,3-4,8-9H2,1-2H3. The SMILES string of the molecule is CCOC(=O)C(C(=O)OCC)=C1CCc2c(F)cccc21. The molecule has 0 saturated heterocycles. The topological polar surface area (TPSA) is 52.6 Å². The van der Waals surface area contributed by atoms with Gasteiger partial charge in [0.25, 0.3) is 0 Å². The Morgan fingerprint density at radius 1 is 1.10 bits per heavy atom. The minimum atomic E-state index is -0.719. The van der Waals surface area contributed by atoms with Crippen LogP contribution in [0.4, 0.5) is 4.39 Å². The average Bonchev–Trinajstić information content (AvgIpc) is 2.85. The minimum absolute atomic E-state index is 0.122. The number of fused-ring (bicyclic) bond motifs is 1. The van der Waals surface area contributed by atoms with Gasteiger partial charge in [-0.3, -0.25) is 0 Å². The monoisotopic (exact) mass is 292 g/mol. The van der Waals surface area contributed by atoms with Gasteiger partial charge in [-0.2, -0.15) is 0 Å². The molecule has 0 fully saturated rings. The van der Waals surface area contributed by atoms with E-state index < -0.39 is 11.9 Å². The maximum absolute atomic E-state index is 13.8. The van der Waals surface area contributed by atoms with E-state index in [4.69, 9.17) is 9.47 Å². The molecular formula is C16H17FO4. The van der Waals surface area contributed by atoms with Crippen LogP contribution in [-0.4, -0.2) is 25.2 Å². The number of carbonyl (C=O) groups excluding carboxylic acids is 2. The molecule has 1 aliphatic carbocycles. The summed E-state index contributed by atoms with van der Waals surface area (Å²) in [5, 5.41) is 0. The molecule has 2 rings (SSSR count). The highest BCUT2D eigenvalue weighted by molar-refractivity contribution is 6.20. The van der Waals surface area contributed by atoms with Crippen molar-refractivity contribution in [3.05, 3.63) is 40.7 Å². The first kappa shape index (κ1) is 15.2. The maximum atomic E-state index is 13.8. The lowest BCUT2D eigenvalue weighted by atomic mass is 10.0. The van der Waals surface area contributed by atoms with E-state index in [1.54, 1.807) is 26.0 Å². The molecule has 0 unspecified atom stereocenters. The van der Waals surface area contributed by atoms with E-state index >= 15 is 0 Å². The van der Waals surface area contributed by atoms with Gasteiger partial charge in [-0.25, -0.2) is 14.0 Å². The molecule has 4 nitrogen and oxygen atoms in total. The molecule has 1 aromatic carbocycles. The van der Waals surface area contributed by atoms with E-state index in [0.29, 0.717) is 29.5 Å². The number of esters is 2. The summed E-state index contributed by atoms with van der Waals surface area (Å²) in [5.41, 5.74) is 1.49. The number of halogens is 1. The Morgan fingerprint density at radius 2 is 1.71 bits per heavy atom. The second kappa shape index (κ2) is 6.52. The number of benzene rings is 1. The quantitative estimate of drug-likeness (QED) is 0.370. The van der Waals surface area contributed by atoms with Crippen LogP contribution in [0.2, 0.25) is 0 Å². The van der Waals surface area contributed by atoms with Crippen LogP contribution in [0.3, 0.4) is 0 Å². The number of allylic oxidation sites excluding steroid dienone is 1. The van der Waals surface area contributed by atoms with E-state index in [1.807, 2.05) is 0 Å². The Bertz CT molecular complexity index is 584. The molecule has 0 bridgehead atoms. The number of hydrogen-bond acceptors (Lipinski definition) is 4. The lowest BCUT2D eigenvalue weighted by Crippen LogP contribution is -2.20. The van der Waals surface area contributed by atoms with Gasteiger partial charge in [0, 0.05) is 0 Å². The van der Waals surface area contributed by atoms with Gasteiger partial charge < -0.3 is 9.47 Å². The summed E-state index contributed by atoms with van der Waals surface area (Å²) in [6.07, 6.45) is 0.878. The summed E-state index contributed by atoms with van der Waals surface area (Å²) in [5.74, 6) is -1.76. The molecule has 1 aromatic rings. The fourth-order valence-electron chi connectivity index (χ4n) is 2.48. The highest BCUT2D eigenvalue weighted by atomic mass is 19.1. The van der Waals surface area contributed by atoms with Crippen LogP contribution in [0.5, 0.6) is 0 Å². The van der Waals surface area contributed by atoms with E-state index in [9.17, 15) is 14.0 Å². The third-order valence-corrected chi connectivity index (χ3v) is 3.33. The molecule has 0 amide bonds. The van der Waals surface area contributed by atoms with E-state index in [0.717, 1.165) is 0 Å². The summed E-state index contributed by atoms with van der Waals surface area (Å²) in [4.78, 5) is 24.1. The molecule has 21 heavy (non-hydrogen) atoms. The third kappa shape index (κ3) is 2.96. The van der Waals surface area contributed by atoms with Crippen molar-refractivity contribution >= 4 is 17.5 Å². The second-order valence-corrected chi connectivity index (χ2v) is 4.56. The molecule has 5 heteroatoms. The summed E-state index contributed by atoms with van der Waals surface area (Å²) < 4.78 is 23.6. The van der Waals surface area contributed by atoms with Gasteiger partial charge in [-0.15, -0.1) is 0 Å². The summed E-state index contributed by atoms with van der Waals surface area (Å²) in [6.45, 7) is 3.64. The van der Waals surface area contributed by atoms with Crippen molar-refractivity contribution in [2.24, 2.45) is 0 Å². The maximum Gasteiger partial charge on any atom is 0.345 e. The van der Waals surface area contributed by atoms with Crippen molar-refractivity contribution in [3.63, 3.8) is 0 Å². The average molecular weight is 292 g/mol. The zero-order valence-electron chi connectivity index (χ0n) is 12.1. The van der Waals surface area contributed by atoms with Gasteiger partial charge >= 0.3 is 11.9 Å². The van der Waals surface area contributed by atoms with Crippen LogP contribution in [-0.2, 0) is 25.5 Å². The zero-order valence-corrected chi connectivity index (χ0v) is 12.1. The molecule has 0 N–H and O–H groups in total. The van der Waals surface area contributed by atoms with Crippen molar-refractivity contribution in [1.82, 2.24) is 0 Å². The molecule has 0 aliphatic heterocycles. The van der Waals surface area contributed by atoms with Crippen LogP contribution in [0.15, 0.2) is 23.8 Å². The van der Waals surface area contributed by atoms with Crippen molar-refractivity contribution in [3.8, 4) is 0 Å². The first-order valence-electron chi connectivity index (χ1n) is 6.95. The molecule has 112 valence electrons. The Balaban J connectivity index is 2.53. The number of carbonyl (C=O) groups is 2. The van der Waals surface area contributed by atoms with Crippen molar-refractivity contribution in [2.75, 3.05) is 13.2 Å². The molecule has 0 spiro atoms. The number of ether oxygens (including phenoxy) is 2. The molecule has 0 saturated carbocycles. The van der Waals surface area contributed by atoms with Gasteiger partial charge in [-0.05, 0) is 49.5 Å². The fraction of sp³-hybridized carbons (Fsp3) is 0.375. The highest BCUT2D eigenvalue weighted by Gasteiger charge is 2.31. The smallest absolute Gasteiger partial charge is 0.345 e. The van der Waals surface area contributed by atoms with Gasteiger partial charge in [0.05, 0.1) is 13.2 Å². The predicted octanol–water partition coefficient (Wildman–Crippen LogP) is 2.65. The van der Waals surface area contributed by atoms with Gasteiger partial charge in [0.1, 0.15) is 11.4 Å². The normalized spacial score (nSPS) is 12.8. The van der Waals surface area contributed by atoms with Crippen LogP contribution < -0.4 is 0 Å². The van der Waals surface area contributed by atoms with Gasteiger partial charge in [0.15, 0.2) is 0 Å². The number of rotatable bonds is 4. The lowest BCUT2D eigenvalue weighted by molar-refractivity contribution is -0.146. The van der Waals surface area contributed by atoms with Crippen molar-refractivity contribution < 1.29 is 23.5 Å². The molecule has 0 atom stereocenters. The Labute approximate surface area is 122 Å². The molecular weight excluding hydrogens is 275 g/mol.